The lowest BCUT2D eigenvalue weighted by atomic mass is 10.0. The first kappa shape index (κ1) is 21.1. The first-order valence-corrected chi connectivity index (χ1v) is 11.0. The average molecular weight is 422 g/mol. The number of anilines is 2. The molecule has 2 amide bonds. The van der Waals surface area contributed by atoms with Gasteiger partial charge in [0, 0.05) is 32.1 Å². The summed E-state index contributed by atoms with van der Waals surface area (Å²) in [5.41, 5.74) is 1.98. The molecule has 2 heterocycles. The summed E-state index contributed by atoms with van der Waals surface area (Å²) in [7, 11) is -2.44. The summed E-state index contributed by atoms with van der Waals surface area (Å²) in [6, 6.07) is 6.20. The number of nitrogens with one attached hydrogen (secondary N) is 2. The normalized spacial score (nSPS) is 15.3. The van der Waals surface area contributed by atoms with E-state index in [1.807, 2.05) is 32.0 Å². The maximum Gasteiger partial charge on any atom is 0.334 e. The van der Waals surface area contributed by atoms with Gasteiger partial charge in [0.05, 0.1) is 17.9 Å². The summed E-state index contributed by atoms with van der Waals surface area (Å²) in [5, 5.41) is 6.68. The summed E-state index contributed by atoms with van der Waals surface area (Å²) >= 11 is 0. The van der Waals surface area contributed by atoms with Crippen molar-refractivity contribution >= 4 is 27.6 Å². The number of aryl methyl sites for hydroxylation is 1. The number of ether oxygens (including phenoxy) is 1. The Bertz CT molecular complexity index is 951. The first-order valence-electron chi connectivity index (χ1n) is 9.56. The predicted molar refractivity (Wildman–Crippen MR) is 111 cm³/mol. The summed E-state index contributed by atoms with van der Waals surface area (Å²) in [4.78, 5) is 12.5. The van der Waals surface area contributed by atoms with Gasteiger partial charge in [-0.05, 0) is 36.5 Å². The molecule has 2 N–H and O–H groups in total. The molecule has 0 aliphatic carbocycles. The second-order valence-corrected chi connectivity index (χ2v) is 8.90. The SMILES string of the molecule is CC(C)c1cccc(NC(=O)NS(=O)(=O)N(c2cnn(C)c2)C2CCOCC2)c1. The van der Waals surface area contributed by atoms with E-state index in [9.17, 15) is 13.2 Å². The molecule has 0 unspecified atom stereocenters. The number of rotatable bonds is 6. The molecule has 1 aromatic carbocycles. The molecule has 0 spiro atoms. The van der Waals surface area contributed by atoms with E-state index in [1.165, 1.54) is 15.2 Å². The minimum absolute atomic E-state index is 0.290. The summed E-state index contributed by atoms with van der Waals surface area (Å²) in [6.45, 7) is 5.02. The summed E-state index contributed by atoms with van der Waals surface area (Å²) < 4.78 is 36.4. The maximum absolute atomic E-state index is 13.1. The molecular formula is C19H27N5O4S. The number of hydrogen-bond donors (Lipinski definition) is 2. The third kappa shape index (κ3) is 5.27. The number of amides is 2. The summed E-state index contributed by atoms with van der Waals surface area (Å²) in [6.07, 6.45) is 4.15. The molecule has 1 aromatic heterocycles. The van der Waals surface area contributed by atoms with Crippen molar-refractivity contribution in [1.82, 2.24) is 14.5 Å². The van der Waals surface area contributed by atoms with E-state index in [0.29, 0.717) is 37.4 Å². The van der Waals surface area contributed by atoms with Crippen molar-refractivity contribution in [3.8, 4) is 0 Å². The molecule has 3 rings (SSSR count). The molecule has 158 valence electrons. The van der Waals surface area contributed by atoms with E-state index in [-0.39, 0.29) is 12.0 Å². The van der Waals surface area contributed by atoms with Gasteiger partial charge in [0.25, 0.3) is 0 Å². The van der Waals surface area contributed by atoms with Gasteiger partial charge in [-0.3, -0.25) is 4.68 Å². The Labute approximate surface area is 171 Å². The van der Waals surface area contributed by atoms with Gasteiger partial charge in [-0.2, -0.15) is 13.5 Å². The van der Waals surface area contributed by atoms with E-state index in [0.717, 1.165) is 5.56 Å². The molecule has 0 atom stereocenters. The van der Waals surface area contributed by atoms with Crippen molar-refractivity contribution in [2.45, 2.75) is 38.6 Å². The molecule has 0 bridgehead atoms. The fourth-order valence-corrected chi connectivity index (χ4v) is 4.64. The van der Waals surface area contributed by atoms with Crippen molar-refractivity contribution in [1.29, 1.82) is 0 Å². The van der Waals surface area contributed by atoms with Crippen molar-refractivity contribution in [3.05, 3.63) is 42.2 Å². The van der Waals surface area contributed by atoms with Gasteiger partial charge in [-0.1, -0.05) is 26.0 Å². The number of carbonyl (C=O) groups is 1. The van der Waals surface area contributed by atoms with Crippen LogP contribution in [0.15, 0.2) is 36.7 Å². The molecule has 2 aromatic rings. The lowest BCUT2D eigenvalue weighted by Crippen LogP contribution is -2.51. The van der Waals surface area contributed by atoms with Gasteiger partial charge in [-0.25, -0.2) is 13.8 Å². The number of nitrogens with zero attached hydrogens (tertiary/aromatic N) is 3. The zero-order valence-corrected chi connectivity index (χ0v) is 17.6. The van der Waals surface area contributed by atoms with Crippen LogP contribution in [-0.4, -0.2) is 43.5 Å². The van der Waals surface area contributed by atoms with Crippen LogP contribution in [0, 0.1) is 0 Å². The number of aromatic nitrogens is 2. The van der Waals surface area contributed by atoms with Crippen molar-refractivity contribution in [2.75, 3.05) is 22.8 Å². The third-order valence-corrected chi connectivity index (χ3v) is 6.23. The lowest BCUT2D eigenvalue weighted by Gasteiger charge is -2.33. The monoisotopic (exact) mass is 421 g/mol. The molecule has 1 aliphatic rings. The van der Waals surface area contributed by atoms with Gasteiger partial charge in [-0.15, -0.1) is 0 Å². The van der Waals surface area contributed by atoms with Crippen molar-refractivity contribution in [2.24, 2.45) is 7.05 Å². The molecule has 1 fully saturated rings. The number of urea groups is 1. The zero-order chi connectivity index (χ0) is 21.0. The largest absolute Gasteiger partial charge is 0.381 e. The molecule has 0 saturated carbocycles. The van der Waals surface area contributed by atoms with E-state index < -0.39 is 16.2 Å². The Morgan fingerprint density at radius 1 is 1.31 bits per heavy atom. The Morgan fingerprint density at radius 3 is 2.66 bits per heavy atom. The first-order chi connectivity index (χ1) is 13.8. The predicted octanol–water partition coefficient (Wildman–Crippen LogP) is 2.60. The molecule has 0 radical (unpaired) electrons. The number of benzene rings is 1. The zero-order valence-electron chi connectivity index (χ0n) is 16.8. The Kier molecular flexibility index (Phi) is 6.43. The highest BCUT2D eigenvalue weighted by Gasteiger charge is 2.33. The van der Waals surface area contributed by atoms with Crippen LogP contribution in [0.25, 0.3) is 0 Å². The number of carbonyl (C=O) groups excluding carboxylic acids is 1. The van der Waals surface area contributed by atoms with E-state index in [1.54, 1.807) is 19.3 Å². The van der Waals surface area contributed by atoms with Gasteiger partial charge in [0.15, 0.2) is 0 Å². The Balaban J connectivity index is 1.79. The molecule has 29 heavy (non-hydrogen) atoms. The van der Waals surface area contributed by atoms with E-state index in [2.05, 4.69) is 15.1 Å². The second kappa shape index (κ2) is 8.83. The van der Waals surface area contributed by atoms with Crippen molar-refractivity contribution in [3.63, 3.8) is 0 Å². The van der Waals surface area contributed by atoms with Gasteiger partial charge < -0.3 is 10.1 Å². The molecule has 9 nitrogen and oxygen atoms in total. The highest BCUT2D eigenvalue weighted by Crippen LogP contribution is 2.25. The Morgan fingerprint density at radius 2 is 2.03 bits per heavy atom. The Hall–Kier alpha value is -2.59. The van der Waals surface area contributed by atoms with E-state index in [4.69, 9.17) is 4.74 Å². The van der Waals surface area contributed by atoms with Crippen LogP contribution in [0.5, 0.6) is 0 Å². The molecule has 1 aliphatic heterocycles. The van der Waals surface area contributed by atoms with Crippen LogP contribution in [0.1, 0.15) is 38.2 Å². The number of hydrogen-bond acceptors (Lipinski definition) is 5. The quantitative estimate of drug-likeness (QED) is 0.746. The van der Waals surface area contributed by atoms with Gasteiger partial charge >= 0.3 is 16.2 Å². The minimum atomic E-state index is -4.15. The van der Waals surface area contributed by atoms with Crippen LogP contribution in [-0.2, 0) is 22.0 Å². The fourth-order valence-electron chi connectivity index (χ4n) is 3.29. The molecule has 1 saturated heterocycles. The third-order valence-electron chi connectivity index (χ3n) is 4.76. The highest BCUT2D eigenvalue weighted by atomic mass is 32.2. The standard InChI is InChI=1S/C19H27N5O4S/c1-14(2)15-5-4-6-16(11-15)21-19(25)22-29(26,27)24(17-7-9-28-10-8-17)18-12-20-23(3)13-18/h4-6,11-14,17H,7-10H2,1-3H3,(H2,21,22,25). The smallest absolute Gasteiger partial charge is 0.334 e. The van der Waals surface area contributed by atoms with Gasteiger partial charge in [0.1, 0.15) is 0 Å². The molecule has 10 heteroatoms. The fraction of sp³-hybridized carbons (Fsp3) is 0.474. The lowest BCUT2D eigenvalue weighted by molar-refractivity contribution is 0.0875. The van der Waals surface area contributed by atoms with Crippen LogP contribution in [0.3, 0.4) is 0 Å². The van der Waals surface area contributed by atoms with Crippen molar-refractivity contribution < 1.29 is 17.9 Å². The van der Waals surface area contributed by atoms with Gasteiger partial charge in [0.2, 0.25) is 0 Å². The summed E-state index contributed by atoms with van der Waals surface area (Å²) in [5.74, 6) is 0.290. The van der Waals surface area contributed by atoms with Crippen LogP contribution < -0.4 is 14.3 Å². The molecular weight excluding hydrogens is 394 g/mol. The van der Waals surface area contributed by atoms with Crippen LogP contribution >= 0.6 is 0 Å². The van der Waals surface area contributed by atoms with Crippen LogP contribution in [0.4, 0.5) is 16.2 Å². The maximum atomic E-state index is 13.1. The van der Waals surface area contributed by atoms with Crippen LogP contribution in [0.2, 0.25) is 0 Å². The topological polar surface area (TPSA) is 106 Å². The second-order valence-electron chi connectivity index (χ2n) is 7.35. The van der Waals surface area contributed by atoms with E-state index >= 15 is 0 Å². The highest BCUT2D eigenvalue weighted by molar-refractivity contribution is 7.91. The minimum Gasteiger partial charge on any atom is -0.381 e. The average Bonchev–Trinajstić information content (AvgIpc) is 3.07.